The maximum absolute atomic E-state index is 13.9. The Bertz CT molecular complexity index is 658. The number of carboxylic acids is 1. The highest BCUT2D eigenvalue weighted by Crippen LogP contribution is 2.31. The fourth-order valence-corrected chi connectivity index (χ4v) is 4.28. The molecule has 0 fully saturated rings. The Balaban J connectivity index is 3.12. The molecule has 1 N–H and O–H groups in total. The Labute approximate surface area is 129 Å². The predicted octanol–water partition coefficient (Wildman–Crippen LogP) is 3.31. The predicted molar refractivity (Wildman–Crippen MR) is 71.6 cm³/mol. The van der Waals surface area contributed by atoms with E-state index in [0.29, 0.717) is 0 Å². The molecule has 0 saturated carbocycles. The average Bonchev–Trinajstić information content (AvgIpc) is 2.29. The van der Waals surface area contributed by atoms with Crippen LogP contribution in [0, 0.1) is 5.82 Å². The second-order valence-corrected chi connectivity index (χ2v) is 7.84. The van der Waals surface area contributed by atoms with Crippen LogP contribution in [-0.2, 0) is 9.84 Å². The number of thioether (sulfide) groups is 1. The highest BCUT2D eigenvalue weighted by molar-refractivity contribution is 9.10. The summed E-state index contributed by atoms with van der Waals surface area (Å²) in [4.78, 5) is 9.84. The van der Waals surface area contributed by atoms with Crippen molar-refractivity contribution in [2.75, 3.05) is 11.5 Å². The van der Waals surface area contributed by atoms with Gasteiger partial charge in [0.15, 0.2) is 15.7 Å². The molecule has 1 aromatic rings. The van der Waals surface area contributed by atoms with E-state index in [2.05, 4.69) is 15.9 Å². The van der Waals surface area contributed by atoms with Crippen molar-refractivity contribution in [2.45, 2.75) is 10.4 Å². The van der Waals surface area contributed by atoms with E-state index in [4.69, 9.17) is 5.11 Å². The molecule has 11 heteroatoms. The zero-order valence-corrected chi connectivity index (χ0v) is 13.2. The van der Waals surface area contributed by atoms with Gasteiger partial charge in [0.05, 0.1) is 11.3 Å². The number of benzene rings is 1. The van der Waals surface area contributed by atoms with Crippen LogP contribution in [0.25, 0.3) is 0 Å². The van der Waals surface area contributed by atoms with Gasteiger partial charge in [-0.3, -0.25) is 0 Å². The van der Waals surface area contributed by atoms with Crippen molar-refractivity contribution in [3.8, 4) is 0 Å². The Hall–Kier alpha value is -0.810. The van der Waals surface area contributed by atoms with E-state index in [9.17, 15) is 30.8 Å². The van der Waals surface area contributed by atoms with Gasteiger partial charge in [-0.1, -0.05) is 15.9 Å². The molecule has 0 heterocycles. The summed E-state index contributed by atoms with van der Waals surface area (Å²) in [5, 5.41) is 8.75. The minimum absolute atomic E-state index is 0.0108. The molecule has 21 heavy (non-hydrogen) atoms. The minimum Gasteiger partial charge on any atom is -0.478 e. The summed E-state index contributed by atoms with van der Waals surface area (Å²) in [5.74, 6) is -4.97. The molecule has 0 atom stereocenters. The molecule has 0 spiro atoms. The summed E-state index contributed by atoms with van der Waals surface area (Å²) in [6.45, 7) is 0. The van der Waals surface area contributed by atoms with Crippen LogP contribution in [-0.4, -0.2) is 36.5 Å². The number of rotatable bonds is 5. The van der Waals surface area contributed by atoms with Crippen LogP contribution in [0.15, 0.2) is 21.5 Å². The largest absolute Gasteiger partial charge is 0.478 e. The smallest absolute Gasteiger partial charge is 0.441 e. The summed E-state index contributed by atoms with van der Waals surface area (Å²) in [6.07, 6.45) is 0. The van der Waals surface area contributed by atoms with Gasteiger partial charge in [0.1, 0.15) is 4.90 Å². The third kappa shape index (κ3) is 5.15. The summed E-state index contributed by atoms with van der Waals surface area (Å²) in [7, 11) is -4.38. The Kier molecular flexibility index (Phi) is 5.67. The molecule has 0 aliphatic carbocycles. The molecule has 0 aliphatic rings. The number of halogens is 5. The Morgan fingerprint density at radius 2 is 1.90 bits per heavy atom. The van der Waals surface area contributed by atoms with Crippen molar-refractivity contribution in [3.05, 3.63) is 28.0 Å². The third-order valence-corrected chi connectivity index (χ3v) is 5.35. The molecule has 0 aliphatic heterocycles. The quantitative estimate of drug-likeness (QED) is 0.753. The number of hydrogen-bond donors (Lipinski definition) is 1. The molecule has 0 aromatic heterocycles. The lowest BCUT2D eigenvalue weighted by molar-refractivity contribution is -0.0326. The maximum atomic E-state index is 13.9. The van der Waals surface area contributed by atoms with Crippen LogP contribution in [0.5, 0.6) is 0 Å². The van der Waals surface area contributed by atoms with Gasteiger partial charge in [-0.15, -0.1) is 0 Å². The molecule has 1 aromatic carbocycles. The van der Waals surface area contributed by atoms with Gasteiger partial charge >= 0.3 is 11.5 Å². The molecule has 0 unspecified atom stereocenters. The molecular weight excluding hydrogens is 404 g/mol. The van der Waals surface area contributed by atoms with Crippen molar-refractivity contribution >= 4 is 43.5 Å². The second-order valence-electron chi connectivity index (χ2n) is 3.68. The lowest BCUT2D eigenvalue weighted by atomic mass is 10.2. The molecule has 118 valence electrons. The van der Waals surface area contributed by atoms with E-state index in [1.54, 1.807) is 0 Å². The third-order valence-electron chi connectivity index (χ3n) is 2.19. The van der Waals surface area contributed by atoms with Crippen molar-refractivity contribution in [3.63, 3.8) is 0 Å². The van der Waals surface area contributed by atoms with E-state index in [0.717, 1.165) is 12.1 Å². The molecular formula is C10H7BrF4O4S2. The summed E-state index contributed by atoms with van der Waals surface area (Å²) >= 11 is 2.27. The van der Waals surface area contributed by atoms with Gasteiger partial charge in [-0.2, -0.15) is 13.2 Å². The number of carboxylic acid groups (broad SMARTS) is 1. The molecule has 0 amide bonds. The van der Waals surface area contributed by atoms with Gasteiger partial charge < -0.3 is 5.11 Å². The fraction of sp³-hybridized carbons (Fsp3) is 0.300. The van der Waals surface area contributed by atoms with Gasteiger partial charge in [-0.25, -0.2) is 17.6 Å². The van der Waals surface area contributed by atoms with Crippen LogP contribution in [0.2, 0.25) is 0 Å². The topological polar surface area (TPSA) is 71.4 Å². The monoisotopic (exact) mass is 410 g/mol. The van der Waals surface area contributed by atoms with E-state index < -0.39 is 60.9 Å². The first-order valence-electron chi connectivity index (χ1n) is 5.10. The van der Waals surface area contributed by atoms with Crippen molar-refractivity contribution in [2.24, 2.45) is 0 Å². The first kappa shape index (κ1) is 18.2. The van der Waals surface area contributed by atoms with E-state index >= 15 is 0 Å². The van der Waals surface area contributed by atoms with E-state index in [-0.39, 0.29) is 4.47 Å². The SMILES string of the molecule is O=C(O)c1cc(Br)cc(S(=O)(=O)CCSC(F)(F)F)c1F. The molecule has 0 radical (unpaired) electrons. The molecule has 1 rings (SSSR count). The van der Waals surface area contributed by atoms with E-state index in [1.165, 1.54) is 0 Å². The number of alkyl halides is 3. The molecule has 0 saturated heterocycles. The van der Waals surface area contributed by atoms with Crippen LogP contribution < -0.4 is 0 Å². The maximum Gasteiger partial charge on any atom is 0.441 e. The highest BCUT2D eigenvalue weighted by atomic mass is 79.9. The summed E-state index contributed by atoms with van der Waals surface area (Å²) in [5.41, 5.74) is -5.48. The van der Waals surface area contributed by atoms with Gasteiger partial charge in [-0.05, 0) is 23.9 Å². The number of carbonyl (C=O) groups is 1. The summed E-state index contributed by atoms with van der Waals surface area (Å²) < 4.78 is 73.4. The van der Waals surface area contributed by atoms with E-state index in [1.807, 2.05) is 0 Å². The second kappa shape index (κ2) is 6.53. The van der Waals surface area contributed by atoms with Gasteiger partial charge in [0, 0.05) is 10.2 Å². The molecule has 4 nitrogen and oxygen atoms in total. The lowest BCUT2D eigenvalue weighted by Crippen LogP contribution is -2.15. The van der Waals surface area contributed by atoms with Crippen LogP contribution in [0.4, 0.5) is 17.6 Å². The number of aromatic carboxylic acids is 1. The number of sulfone groups is 1. The average molecular weight is 411 g/mol. The first-order chi connectivity index (χ1) is 9.44. The van der Waals surface area contributed by atoms with Gasteiger partial charge in [0.25, 0.3) is 0 Å². The lowest BCUT2D eigenvalue weighted by Gasteiger charge is -2.09. The fourth-order valence-electron chi connectivity index (χ4n) is 1.32. The van der Waals surface area contributed by atoms with Crippen molar-refractivity contribution in [1.29, 1.82) is 0 Å². The normalized spacial score (nSPS) is 12.4. The zero-order valence-electron chi connectivity index (χ0n) is 9.95. The van der Waals surface area contributed by atoms with Crippen molar-refractivity contribution in [1.82, 2.24) is 0 Å². The van der Waals surface area contributed by atoms with Gasteiger partial charge in [0.2, 0.25) is 0 Å². The zero-order chi connectivity index (χ0) is 16.4. The van der Waals surface area contributed by atoms with Crippen LogP contribution in [0.1, 0.15) is 10.4 Å². The minimum atomic E-state index is -4.60. The van der Waals surface area contributed by atoms with Crippen LogP contribution >= 0.6 is 27.7 Å². The molecule has 0 bridgehead atoms. The summed E-state index contributed by atoms with van der Waals surface area (Å²) in [6, 6.07) is 1.68. The number of hydrogen-bond acceptors (Lipinski definition) is 4. The Morgan fingerprint density at radius 3 is 2.38 bits per heavy atom. The first-order valence-corrected chi connectivity index (χ1v) is 8.53. The van der Waals surface area contributed by atoms with Crippen LogP contribution in [0.3, 0.4) is 0 Å². The standard InChI is InChI=1S/C10H7BrF4O4S2/c11-5-3-6(9(16)17)8(12)7(4-5)21(18,19)2-1-20-10(13,14)15/h3-4H,1-2H2,(H,16,17). The van der Waals surface area contributed by atoms with Crippen molar-refractivity contribution < 1.29 is 35.9 Å². The Morgan fingerprint density at radius 1 is 1.33 bits per heavy atom. The highest BCUT2D eigenvalue weighted by Gasteiger charge is 2.30.